The van der Waals surface area contributed by atoms with Gasteiger partial charge in [0.2, 0.25) is 0 Å². The predicted octanol–water partition coefficient (Wildman–Crippen LogP) is 3.59. The number of benzene rings is 1. The zero-order chi connectivity index (χ0) is 20.9. The van der Waals surface area contributed by atoms with Gasteiger partial charge in [-0.25, -0.2) is 9.18 Å². The van der Waals surface area contributed by atoms with Crippen LogP contribution in [0.3, 0.4) is 0 Å². The van der Waals surface area contributed by atoms with Crippen molar-refractivity contribution in [1.29, 1.82) is 0 Å². The van der Waals surface area contributed by atoms with E-state index in [-0.39, 0.29) is 24.1 Å². The maximum absolute atomic E-state index is 14.0. The molecule has 0 unspecified atom stereocenters. The molecule has 1 aromatic carbocycles. The highest BCUT2D eigenvalue weighted by Crippen LogP contribution is 2.35. The smallest absolute Gasteiger partial charge is 0.323 e. The van der Waals surface area contributed by atoms with E-state index in [1.807, 2.05) is 6.92 Å². The summed E-state index contributed by atoms with van der Waals surface area (Å²) in [5.41, 5.74) is 2.20. The van der Waals surface area contributed by atoms with Gasteiger partial charge < -0.3 is 9.88 Å². The number of amides is 3. The predicted molar refractivity (Wildman–Crippen MR) is 106 cm³/mol. The molecule has 152 valence electrons. The highest BCUT2D eigenvalue weighted by Gasteiger charge is 2.52. The number of aryl methyl sites for hydroxylation is 2. The lowest BCUT2D eigenvalue weighted by molar-refractivity contribution is -0.130. The number of aromatic nitrogens is 1. The Labute approximate surface area is 168 Å². The first kappa shape index (κ1) is 19.4. The molecule has 1 saturated carbocycles. The molecule has 2 aliphatic rings. The Hall–Kier alpha value is -2.96. The maximum Gasteiger partial charge on any atom is 0.325 e. The van der Waals surface area contributed by atoms with Gasteiger partial charge in [-0.05, 0) is 57.4 Å². The van der Waals surface area contributed by atoms with E-state index in [2.05, 4.69) is 5.32 Å². The van der Waals surface area contributed by atoms with Gasteiger partial charge in [-0.1, -0.05) is 18.9 Å². The topological polar surface area (TPSA) is 71.4 Å². The van der Waals surface area contributed by atoms with Gasteiger partial charge in [-0.3, -0.25) is 14.5 Å². The van der Waals surface area contributed by atoms with E-state index in [1.165, 1.54) is 6.07 Å². The van der Waals surface area contributed by atoms with Crippen molar-refractivity contribution in [1.82, 2.24) is 14.8 Å². The molecule has 1 saturated heterocycles. The monoisotopic (exact) mass is 397 g/mol. The number of halogens is 1. The summed E-state index contributed by atoms with van der Waals surface area (Å²) in [4.78, 5) is 39.2. The van der Waals surface area contributed by atoms with Crippen molar-refractivity contribution in [3.8, 4) is 5.69 Å². The number of Topliss-reactive ketones (excluding diaryl/α,β-unsaturated/α-hetero) is 1. The summed E-state index contributed by atoms with van der Waals surface area (Å²) >= 11 is 0. The third-order valence-corrected chi connectivity index (χ3v) is 6.15. The van der Waals surface area contributed by atoms with E-state index in [0.717, 1.165) is 23.4 Å². The Morgan fingerprint density at radius 1 is 1.14 bits per heavy atom. The van der Waals surface area contributed by atoms with Crippen LogP contribution in [0.25, 0.3) is 5.69 Å². The number of imide groups is 1. The van der Waals surface area contributed by atoms with Crippen LogP contribution in [0.15, 0.2) is 24.3 Å². The zero-order valence-corrected chi connectivity index (χ0v) is 16.8. The Balaban J connectivity index is 1.61. The maximum atomic E-state index is 14.0. The standard InChI is InChI=1S/C22H24FN3O3/c1-13-6-7-16(11-18(13)23)26-14(2)10-17(15(26)3)19(27)12-25-20(28)22(24-21(25)29)8-4-5-9-22/h6-7,10-11H,4-5,8-9,12H2,1-3H3,(H,24,29). The van der Waals surface area contributed by atoms with Crippen molar-refractivity contribution in [3.63, 3.8) is 0 Å². The molecule has 1 aliphatic heterocycles. The Morgan fingerprint density at radius 2 is 1.83 bits per heavy atom. The molecule has 2 heterocycles. The number of rotatable bonds is 4. The van der Waals surface area contributed by atoms with Gasteiger partial charge in [0, 0.05) is 22.6 Å². The second kappa shape index (κ2) is 6.83. The van der Waals surface area contributed by atoms with Crippen molar-refractivity contribution in [3.05, 3.63) is 52.6 Å². The van der Waals surface area contributed by atoms with Crippen LogP contribution in [-0.2, 0) is 4.79 Å². The van der Waals surface area contributed by atoms with Crippen molar-refractivity contribution in [2.75, 3.05) is 6.54 Å². The average Bonchev–Trinajstić information content (AvgIpc) is 3.32. The number of urea groups is 1. The molecule has 4 rings (SSSR count). The summed E-state index contributed by atoms with van der Waals surface area (Å²) in [7, 11) is 0. The fourth-order valence-electron chi connectivity index (χ4n) is 4.53. The van der Waals surface area contributed by atoms with Crippen molar-refractivity contribution in [2.24, 2.45) is 0 Å². The minimum Gasteiger partial charge on any atom is -0.323 e. The molecular weight excluding hydrogens is 373 g/mol. The minimum absolute atomic E-state index is 0.293. The van der Waals surface area contributed by atoms with Crippen LogP contribution in [0.5, 0.6) is 0 Å². The summed E-state index contributed by atoms with van der Waals surface area (Å²) < 4.78 is 15.8. The lowest BCUT2D eigenvalue weighted by Gasteiger charge is -2.19. The van der Waals surface area contributed by atoms with Crippen LogP contribution in [0, 0.1) is 26.6 Å². The van der Waals surface area contributed by atoms with Crippen LogP contribution in [0.2, 0.25) is 0 Å². The second-order valence-corrected chi connectivity index (χ2v) is 8.09. The second-order valence-electron chi connectivity index (χ2n) is 8.09. The SMILES string of the molecule is Cc1ccc(-n2c(C)cc(C(=O)CN3C(=O)NC4(CCCC4)C3=O)c2C)cc1F. The molecular formula is C22H24FN3O3. The van der Waals surface area contributed by atoms with Gasteiger partial charge in [0.15, 0.2) is 5.78 Å². The van der Waals surface area contributed by atoms with Crippen LogP contribution in [0.1, 0.15) is 53.0 Å². The van der Waals surface area contributed by atoms with Gasteiger partial charge in [-0.15, -0.1) is 0 Å². The summed E-state index contributed by atoms with van der Waals surface area (Å²) in [6.07, 6.45) is 3.02. The van der Waals surface area contributed by atoms with Gasteiger partial charge >= 0.3 is 6.03 Å². The first-order valence-corrected chi connectivity index (χ1v) is 9.86. The number of hydrogen-bond donors (Lipinski definition) is 1. The van der Waals surface area contributed by atoms with Crippen LogP contribution in [-0.4, -0.2) is 39.3 Å². The number of nitrogens with zero attached hydrogens (tertiary/aromatic N) is 2. The van der Waals surface area contributed by atoms with Crippen molar-refractivity contribution >= 4 is 17.7 Å². The summed E-state index contributed by atoms with van der Waals surface area (Å²) in [5.74, 6) is -0.928. The van der Waals surface area contributed by atoms with Crippen molar-refractivity contribution in [2.45, 2.75) is 52.0 Å². The summed E-state index contributed by atoms with van der Waals surface area (Å²) in [6.45, 7) is 5.02. The van der Waals surface area contributed by atoms with E-state index in [4.69, 9.17) is 0 Å². The van der Waals surface area contributed by atoms with Gasteiger partial charge in [0.05, 0.1) is 6.54 Å². The largest absolute Gasteiger partial charge is 0.325 e. The molecule has 0 atom stereocenters. The van der Waals surface area contributed by atoms with E-state index in [9.17, 15) is 18.8 Å². The summed E-state index contributed by atoms with van der Waals surface area (Å²) in [5, 5.41) is 2.79. The molecule has 2 aromatic rings. The molecule has 0 radical (unpaired) electrons. The van der Waals surface area contributed by atoms with Gasteiger partial charge in [-0.2, -0.15) is 0 Å². The van der Waals surface area contributed by atoms with Gasteiger partial charge in [0.25, 0.3) is 5.91 Å². The lowest BCUT2D eigenvalue weighted by Crippen LogP contribution is -2.44. The van der Waals surface area contributed by atoms with E-state index >= 15 is 0 Å². The quantitative estimate of drug-likeness (QED) is 0.633. The highest BCUT2D eigenvalue weighted by molar-refractivity contribution is 6.11. The minimum atomic E-state index is -0.826. The van der Waals surface area contributed by atoms with Crippen LogP contribution in [0.4, 0.5) is 9.18 Å². The molecule has 6 nitrogen and oxygen atoms in total. The molecule has 0 bridgehead atoms. The fraction of sp³-hybridized carbons (Fsp3) is 0.409. The zero-order valence-electron chi connectivity index (χ0n) is 16.8. The molecule has 2 fully saturated rings. The first-order chi connectivity index (χ1) is 13.7. The third kappa shape index (κ3) is 3.05. The van der Waals surface area contributed by atoms with Crippen molar-refractivity contribution < 1.29 is 18.8 Å². The first-order valence-electron chi connectivity index (χ1n) is 9.86. The molecule has 7 heteroatoms. The number of carbonyl (C=O) groups is 3. The summed E-state index contributed by atoms with van der Waals surface area (Å²) in [6, 6.07) is 6.15. The normalized spacial score (nSPS) is 18.0. The Kier molecular flexibility index (Phi) is 4.56. The van der Waals surface area contributed by atoms with E-state index in [1.54, 1.807) is 36.6 Å². The molecule has 3 amide bonds. The number of carbonyl (C=O) groups excluding carboxylic acids is 3. The lowest BCUT2D eigenvalue weighted by atomic mass is 9.98. The molecule has 1 spiro atoms. The molecule has 1 aromatic heterocycles. The van der Waals surface area contributed by atoms with Crippen LogP contribution >= 0.6 is 0 Å². The Morgan fingerprint density at radius 3 is 2.48 bits per heavy atom. The van der Waals surface area contributed by atoms with Crippen LogP contribution < -0.4 is 5.32 Å². The fourth-order valence-corrected chi connectivity index (χ4v) is 4.53. The highest BCUT2D eigenvalue weighted by atomic mass is 19.1. The number of nitrogens with one attached hydrogen (secondary N) is 1. The molecule has 1 aliphatic carbocycles. The molecule has 1 N–H and O–H groups in total. The third-order valence-electron chi connectivity index (χ3n) is 6.15. The van der Waals surface area contributed by atoms with E-state index < -0.39 is 11.6 Å². The molecule has 29 heavy (non-hydrogen) atoms. The van der Waals surface area contributed by atoms with E-state index in [0.29, 0.717) is 35.3 Å². The van der Waals surface area contributed by atoms with Gasteiger partial charge in [0.1, 0.15) is 11.4 Å². The average molecular weight is 397 g/mol. The number of ketones is 1. The number of hydrogen-bond acceptors (Lipinski definition) is 3. The Bertz CT molecular complexity index is 1030.